The zero-order valence-corrected chi connectivity index (χ0v) is 15.1. The summed E-state index contributed by atoms with van der Waals surface area (Å²) in [6, 6.07) is 8.66. The molecule has 0 aliphatic rings. The van der Waals surface area contributed by atoms with Crippen LogP contribution < -0.4 is 5.32 Å². The van der Waals surface area contributed by atoms with Crippen molar-refractivity contribution in [1.29, 1.82) is 0 Å². The Balaban J connectivity index is 1.90. The zero-order chi connectivity index (χ0) is 18.6. The number of nitrogens with one attached hydrogen (secondary N) is 1. The Bertz CT molecular complexity index is 811. The summed E-state index contributed by atoms with van der Waals surface area (Å²) in [6.45, 7) is 2.87. The topological polar surface area (TPSA) is 55.4 Å². The van der Waals surface area contributed by atoms with Gasteiger partial charge >= 0.3 is 5.97 Å². The highest BCUT2D eigenvalue weighted by atomic mass is 35.5. The van der Waals surface area contributed by atoms with Gasteiger partial charge < -0.3 is 10.1 Å². The predicted octanol–water partition coefficient (Wildman–Crippen LogP) is 4.48. The fourth-order valence-electron chi connectivity index (χ4n) is 2.08. The molecule has 7 heteroatoms. The Morgan fingerprint density at radius 3 is 2.52 bits per heavy atom. The lowest BCUT2D eigenvalue weighted by Gasteiger charge is -2.15. The van der Waals surface area contributed by atoms with E-state index in [0.717, 1.165) is 11.6 Å². The molecule has 0 heterocycles. The lowest BCUT2D eigenvalue weighted by molar-refractivity contribution is -0.124. The number of ether oxygens (including phenoxy) is 1. The van der Waals surface area contributed by atoms with Crippen molar-refractivity contribution in [2.45, 2.75) is 19.9 Å². The summed E-state index contributed by atoms with van der Waals surface area (Å²) in [7, 11) is 0. The number of carbonyl (C=O) groups is 2. The first-order valence-corrected chi connectivity index (χ1v) is 8.21. The molecule has 1 amide bonds. The highest BCUT2D eigenvalue weighted by molar-refractivity contribution is 6.42. The maximum Gasteiger partial charge on any atom is 0.338 e. The maximum atomic E-state index is 13.5. The van der Waals surface area contributed by atoms with Gasteiger partial charge in [-0.25, -0.2) is 9.18 Å². The van der Waals surface area contributed by atoms with Gasteiger partial charge in [-0.1, -0.05) is 35.3 Å². The quantitative estimate of drug-likeness (QED) is 0.774. The number of amides is 1. The highest BCUT2D eigenvalue weighted by Crippen LogP contribution is 2.25. The van der Waals surface area contributed by atoms with Gasteiger partial charge in [0.15, 0.2) is 6.61 Å². The van der Waals surface area contributed by atoms with Crippen LogP contribution in [-0.2, 0) is 9.53 Å². The largest absolute Gasteiger partial charge is 0.452 e. The average molecular weight is 384 g/mol. The molecule has 0 fully saturated rings. The third-order valence-electron chi connectivity index (χ3n) is 3.56. The molecule has 1 N–H and O–H groups in total. The highest BCUT2D eigenvalue weighted by Gasteiger charge is 2.14. The van der Waals surface area contributed by atoms with E-state index in [1.807, 2.05) is 0 Å². The lowest BCUT2D eigenvalue weighted by Crippen LogP contribution is -2.31. The van der Waals surface area contributed by atoms with E-state index in [-0.39, 0.29) is 11.6 Å². The normalized spacial score (nSPS) is 11.7. The van der Waals surface area contributed by atoms with Crippen LogP contribution in [0.1, 0.15) is 34.5 Å². The van der Waals surface area contributed by atoms with Gasteiger partial charge in [-0.05, 0) is 49.2 Å². The van der Waals surface area contributed by atoms with Crippen molar-refractivity contribution in [1.82, 2.24) is 5.32 Å². The molecule has 0 bridgehead atoms. The molecule has 0 aliphatic heterocycles. The molecule has 0 saturated heterocycles. The number of hydrogen-bond donors (Lipinski definition) is 1. The van der Waals surface area contributed by atoms with Crippen molar-refractivity contribution in [3.05, 3.63) is 69.0 Å². The Hall–Kier alpha value is -2.11. The van der Waals surface area contributed by atoms with E-state index in [1.165, 1.54) is 12.1 Å². The predicted molar refractivity (Wildman–Crippen MR) is 94.4 cm³/mol. The number of benzene rings is 2. The third kappa shape index (κ3) is 5.18. The summed E-state index contributed by atoms with van der Waals surface area (Å²) >= 11 is 11.8. The number of esters is 1. The van der Waals surface area contributed by atoms with Crippen LogP contribution in [0, 0.1) is 12.7 Å². The molecule has 0 radical (unpaired) electrons. The van der Waals surface area contributed by atoms with E-state index in [2.05, 4.69) is 5.32 Å². The van der Waals surface area contributed by atoms with Crippen molar-refractivity contribution in [2.75, 3.05) is 6.61 Å². The van der Waals surface area contributed by atoms with E-state index < -0.39 is 24.3 Å². The monoisotopic (exact) mass is 383 g/mol. The van der Waals surface area contributed by atoms with Crippen molar-refractivity contribution < 1.29 is 18.7 Å². The molecule has 0 unspecified atom stereocenters. The van der Waals surface area contributed by atoms with Crippen molar-refractivity contribution in [2.24, 2.45) is 0 Å². The van der Waals surface area contributed by atoms with E-state index in [0.29, 0.717) is 15.6 Å². The molecule has 25 heavy (non-hydrogen) atoms. The second kappa shape index (κ2) is 8.32. The van der Waals surface area contributed by atoms with Crippen molar-refractivity contribution in [3.63, 3.8) is 0 Å². The number of halogens is 3. The number of aryl methyl sites for hydroxylation is 1. The lowest BCUT2D eigenvalue weighted by atomic mass is 10.1. The number of carbonyl (C=O) groups excluding carboxylic acids is 2. The molecule has 0 saturated carbocycles. The number of rotatable bonds is 5. The van der Waals surface area contributed by atoms with Crippen LogP contribution in [0.15, 0.2) is 36.4 Å². The van der Waals surface area contributed by atoms with Gasteiger partial charge in [-0.3, -0.25) is 4.79 Å². The van der Waals surface area contributed by atoms with E-state index in [1.54, 1.807) is 32.0 Å². The summed E-state index contributed by atoms with van der Waals surface area (Å²) in [4.78, 5) is 23.8. The van der Waals surface area contributed by atoms with Crippen molar-refractivity contribution in [3.8, 4) is 0 Å². The molecule has 0 aliphatic carbocycles. The summed E-state index contributed by atoms with van der Waals surface area (Å²) in [6.07, 6.45) is 0. The zero-order valence-electron chi connectivity index (χ0n) is 13.6. The summed E-state index contributed by atoms with van der Waals surface area (Å²) < 4.78 is 18.4. The van der Waals surface area contributed by atoms with Crippen LogP contribution in [0.25, 0.3) is 0 Å². The summed E-state index contributed by atoms with van der Waals surface area (Å²) in [5.74, 6) is -1.76. The van der Waals surface area contributed by atoms with Crippen LogP contribution in [0.4, 0.5) is 4.39 Å². The Labute approximate surface area is 154 Å². The first-order valence-electron chi connectivity index (χ1n) is 7.45. The first-order chi connectivity index (χ1) is 11.8. The van der Waals surface area contributed by atoms with E-state index in [9.17, 15) is 14.0 Å². The SMILES string of the molecule is Cc1ccc(C(=O)OCC(=O)N[C@@H](C)c2ccc(Cl)c(Cl)c2)cc1F. The molecule has 2 aromatic carbocycles. The van der Waals surface area contributed by atoms with Crippen molar-refractivity contribution >= 4 is 35.1 Å². The van der Waals surface area contributed by atoms with Gasteiger partial charge in [0.05, 0.1) is 21.7 Å². The van der Waals surface area contributed by atoms with Crippen LogP contribution >= 0.6 is 23.2 Å². The van der Waals surface area contributed by atoms with Gasteiger partial charge in [-0.2, -0.15) is 0 Å². The van der Waals surface area contributed by atoms with Gasteiger partial charge in [0.1, 0.15) is 5.82 Å². The van der Waals surface area contributed by atoms with Gasteiger partial charge in [0.25, 0.3) is 5.91 Å². The second-order valence-corrected chi connectivity index (χ2v) is 6.32. The van der Waals surface area contributed by atoms with Crippen LogP contribution in [0.3, 0.4) is 0 Å². The standard InChI is InChI=1S/C18H16Cl2FNO3/c1-10-3-4-13(8-16(10)21)18(24)25-9-17(23)22-11(2)12-5-6-14(19)15(20)7-12/h3-8,11H,9H2,1-2H3,(H,22,23)/t11-/m0/s1. The molecule has 4 nitrogen and oxygen atoms in total. The molecule has 2 rings (SSSR count). The molecule has 0 spiro atoms. The fraction of sp³-hybridized carbons (Fsp3) is 0.222. The molecule has 1 atom stereocenters. The molecule has 2 aromatic rings. The smallest absolute Gasteiger partial charge is 0.338 e. The molecular weight excluding hydrogens is 368 g/mol. The second-order valence-electron chi connectivity index (χ2n) is 5.50. The Morgan fingerprint density at radius 2 is 1.88 bits per heavy atom. The first kappa shape index (κ1) is 19.2. The van der Waals surface area contributed by atoms with E-state index >= 15 is 0 Å². The van der Waals surface area contributed by atoms with Gasteiger partial charge in [-0.15, -0.1) is 0 Å². The van der Waals surface area contributed by atoms with Gasteiger partial charge in [0, 0.05) is 0 Å². The number of hydrogen-bond acceptors (Lipinski definition) is 3. The van der Waals surface area contributed by atoms with Crippen LogP contribution in [0.5, 0.6) is 0 Å². The Kier molecular flexibility index (Phi) is 6.39. The van der Waals surface area contributed by atoms with Crippen LogP contribution in [-0.4, -0.2) is 18.5 Å². The fourth-order valence-corrected chi connectivity index (χ4v) is 2.39. The third-order valence-corrected chi connectivity index (χ3v) is 4.30. The molecule has 132 valence electrons. The minimum atomic E-state index is -0.767. The molecule has 0 aromatic heterocycles. The molecular formula is C18H16Cl2FNO3. The minimum Gasteiger partial charge on any atom is -0.452 e. The minimum absolute atomic E-state index is 0.0495. The van der Waals surface area contributed by atoms with Gasteiger partial charge in [0.2, 0.25) is 0 Å². The van der Waals surface area contributed by atoms with Crippen LogP contribution in [0.2, 0.25) is 10.0 Å². The average Bonchev–Trinajstić information content (AvgIpc) is 2.57. The summed E-state index contributed by atoms with van der Waals surface area (Å²) in [5.41, 5.74) is 1.23. The maximum absolute atomic E-state index is 13.5. The van der Waals surface area contributed by atoms with E-state index in [4.69, 9.17) is 27.9 Å². The summed E-state index contributed by atoms with van der Waals surface area (Å²) in [5, 5.41) is 3.48. The Morgan fingerprint density at radius 1 is 1.16 bits per heavy atom.